The van der Waals surface area contributed by atoms with Crippen molar-refractivity contribution < 1.29 is 0 Å². The van der Waals surface area contributed by atoms with Crippen molar-refractivity contribution in [3.05, 3.63) is 64.7 Å². The molecule has 1 aliphatic rings. The zero-order chi connectivity index (χ0) is 14.1. The Bertz CT molecular complexity index is 642. The van der Waals surface area contributed by atoms with Gasteiger partial charge in [0.25, 0.3) is 0 Å². The summed E-state index contributed by atoms with van der Waals surface area (Å²) in [4.78, 5) is 0.390. The van der Waals surface area contributed by atoms with Crippen molar-refractivity contribution in [2.45, 2.75) is 18.4 Å². The number of thiocarbonyl (C=S) groups is 1. The van der Waals surface area contributed by atoms with E-state index in [-0.39, 0.29) is 0 Å². The molecule has 3 N–H and O–H groups in total. The van der Waals surface area contributed by atoms with Gasteiger partial charge in [0.2, 0.25) is 0 Å². The van der Waals surface area contributed by atoms with E-state index in [9.17, 15) is 0 Å². The fraction of sp³-hybridized carbons (Fsp3) is 0.188. The van der Waals surface area contributed by atoms with E-state index in [1.54, 1.807) is 0 Å². The van der Waals surface area contributed by atoms with Crippen LogP contribution in [0.4, 0.5) is 5.69 Å². The van der Waals surface area contributed by atoms with Crippen LogP contribution in [0, 0.1) is 0 Å². The van der Waals surface area contributed by atoms with Crippen molar-refractivity contribution >= 4 is 34.5 Å². The molecule has 3 rings (SSSR count). The standard InChI is InChI=1S/C16H15ClN2S/c17-11-6-7-12(16(18)20)14(8-11)19-15-9-13(15)10-4-2-1-3-5-10/h1-8,13,15,19H,9H2,(H2,18,20). The number of rotatable bonds is 4. The molecule has 1 fully saturated rings. The van der Waals surface area contributed by atoms with Crippen LogP contribution >= 0.6 is 23.8 Å². The lowest BCUT2D eigenvalue weighted by molar-refractivity contribution is 1.04. The molecule has 0 amide bonds. The van der Waals surface area contributed by atoms with Crippen LogP contribution in [0.2, 0.25) is 5.02 Å². The predicted molar refractivity (Wildman–Crippen MR) is 88.6 cm³/mol. The summed E-state index contributed by atoms with van der Waals surface area (Å²) in [7, 11) is 0. The van der Waals surface area contributed by atoms with E-state index in [0.717, 1.165) is 17.7 Å². The number of nitrogens with two attached hydrogens (primary N) is 1. The Hall–Kier alpha value is -1.58. The summed E-state index contributed by atoms with van der Waals surface area (Å²) in [5.74, 6) is 0.550. The highest BCUT2D eigenvalue weighted by atomic mass is 35.5. The molecular weight excluding hydrogens is 288 g/mol. The molecule has 0 heterocycles. The maximum absolute atomic E-state index is 6.05. The second kappa shape index (κ2) is 5.43. The molecule has 2 nitrogen and oxygen atoms in total. The maximum atomic E-state index is 6.05. The van der Waals surface area contributed by atoms with Gasteiger partial charge >= 0.3 is 0 Å². The third-order valence-electron chi connectivity index (χ3n) is 3.61. The van der Waals surface area contributed by atoms with Gasteiger partial charge in [0, 0.05) is 28.2 Å². The molecule has 2 aromatic carbocycles. The quantitative estimate of drug-likeness (QED) is 0.840. The van der Waals surface area contributed by atoms with Gasteiger partial charge < -0.3 is 11.1 Å². The molecule has 0 spiro atoms. The number of nitrogens with one attached hydrogen (secondary N) is 1. The van der Waals surface area contributed by atoms with E-state index in [1.165, 1.54) is 5.56 Å². The van der Waals surface area contributed by atoms with Crippen molar-refractivity contribution in [1.29, 1.82) is 0 Å². The third kappa shape index (κ3) is 2.79. The summed E-state index contributed by atoms with van der Waals surface area (Å²) >= 11 is 11.1. The maximum Gasteiger partial charge on any atom is 0.106 e. The van der Waals surface area contributed by atoms with Gasteiger partial charge in [-0.15, -0.1) is 0 Å². The molecule has 4 heteroatoms. The summed E-state index contributed by atoms with van der Waals surface area (Å²) in [6.07, 6.45) is 1.12. The smallest absolute Gasteiger partial charge is 0.106 e. The lowest BCUT2D eigenvalue weighted by atomic mass is 10.1. The van der Waals surface area contributed by atoms with Crippen molar-refractivity contribution in [2.24, 2.45) is 5.73 Å². The normalized spacial score (nSPS) is 20.4. The average Bonchev–Trinajstić information content (AvgIpc) is 3.19. The van der Waals surface area contributed by atoms with E-state index >= 15 is 0 Å². The number of hydrogen-bond donors (Lipinski definition) is 2. The lowest BCUT2D eigenvalue weighted by Gasteiger charge is -2.11. The molecule has 1 aliphatic carbocycles. The molecule has 0 aromatic heterocycles. The van der Waals surface area contributed by atoms with Crippen LogP contribution in [0.5, 0.6) is 0 Å². The fourth-order valence-corrected chi connectivity index (χ4v) is 2.82. The second-order valence-corrected chi connectivity index (χ2v) is 5.93. The zero-order valence-electron chi connectivity index (χ0n) is 10.8. The van der Waals surface area contributed by atoms with Crippen molar-refractivity contribution in [1.82, 2.24) is 0 Å². The van der Waals surface area contributed by atoms with E-state index < -0.39 is 0 Å². The molecule has 0 radical (unpaired) electrons. The molecule has 0 bridgehead atoms. The minimum Gasteiger partial charge on any atom is -0.389 e. The molecule has 2 unspecified atom stereocenters. The summed E-state index contributed by atoms with van der Waals surface area (Å²) in [5.41, 5.74) is 8.89. The van der Waals surface area contributed by atoms with Gasteiger partial charge in [0.1, 0.15) is 4.99 Å². The Kier molecular flexibility index (Phi) is 3.64. The summed E-state index contributed by atoms with van der Waals surface area (Å²) in [6, 6.07) is 16.5. The largest absolute Gasteiger partial charge is 0.389 e. The Morgan fingerprint density at radius 2 is 1.95 bits per heavy atom. The first-order valence-corrected chi connectivity index (χ1v) is 7.34. The minimum atomic E-state index is 0.390. The molecule has 1 saturated carbocycles. The van der Waals surface area contributed by atoms with Gasteiger partial charge in [-0.25, -0.2) is 0 Å². The Labute approximate surface area is 128 Å². The highest BCUT2D eigenvalue weighted by Gasteiger charge is 2.38. The minimum absolute atomic E-state index is 0.390. The molecular formula is C16H15ClN2S. The van der Waals surface area contributed by atoms with Crippen molar-refractivity contribution in [2.75, 3.05) is 5.32 Å². The van der Waals surface area contributed by atoms with Crippen molar-refractivity contribution in [3.63, 3.8) is 0 Å². The molecule has 0 aliphatic heterocycles. The number of anilines is 1. The van der Waals surface area contributed by atoms with Crippen LogP contribution in [0.25, 0.3) is 0 Å². The first-order chi connectivity index (χ1) is 9.65. The summed E-state index contributed by atoms with van der Waals surface area (Å²) in [6.45, 7) is 0. The Morgan fingerprint density at radius 1 is 1.20 bits per heavy atom. The van der Waals surface area contributed by atoms with Gasteiger partial charge in [-0.1, -0.05) is 54.2 Å². The predicted octanol–water partition coefficient (Wildman–Crippen LogP) is 3.94. The molecule has 20 heavy (non-hydrogen) atoms. The second-order valence-electron chi connectivity index (χ2n) is 5.06. The van der Waals surface area contributed by atoms with Gasteiger partial charge in [0.15, 0.2) is 0 Å². The summed E-state index contributed by atoms with van der Waals surface area (Å²) in [5, 5.41) is 4.19. The van der Waals surface area contributed by atoms with Crippen LogP contribution < -0.4 is 11.1 Å². The van der Waals surface area contributed by atoms with Crippen molar-refractivity contribution in [3.8, 4) is 0 Å². The van der Waals surface area contributed by atoms with Gasteiger partial charge in [-0.05, 0) is 30.2 Å². The molecule has 0 saturated heterocycles. The Morgan fingerprint density at radius 3 is 2.65 bits per heavy atom. The van der Waals surface area contributed by atoms with E-state index in [2.05, 4.69) is 29.6 Å². The average molecular weight is 303 g/mol. The van der Waals surface area contributed by atoms with E-state index in [1.807, 2.05) is 24.3 Å². The number of hydrogen-bond acceptors (Lipinski definition) is 2. The first kappa shape index (κ1) is 13.4. The summed E-state index contributed by atoms with van der Waals surface area (Å²) < 4.78 is 0. The third-order valence-corrected chi connectivity index (χ3v) is 4.06. The SMILES string of the molecule is NC(=S)c1ccc(Cl)cc1NC1CC1c1ccccc1. The topological polar surface area (TPSA) is 38.0 Å². The molecule has 2 atom stereocenters. The zero-order valence-corrected chi connectivity index (χ0v) is 12.4. The molecule has 2 aromatic rings. The van der Waals surface area contributed by atoms with Gasteiger partial charge in [-0.3, -0.25) is 0 Å². The number of benzene rings is 2. The van der Waals surface area contributed by atoms with Crippen LogP contribution in [-0.2, 0) is 0 Å². The number of halogens is 1. The monoisotopic (exact) mass is 302 g/mol. The van der Waals surface area contributed by atoms with E-state index in [4.69, 9.17) is 29.6 Å². The highest BCUT2D eigenvalue weighted by Crippen LogP contribution is 2.43. The van der Waals surface area contributed by atoms with Crippen LogP contribution in [-0.4, -0.2) is 11.0 Å². The van der Waals surface area contributed by atoms with Crippen LogP contribution in [0.15, 0.2) is 48.5 Å². The highest BCUT2D eigenvalue weighted by molar-refractivity contribution is 7.80. The van der Waals surface area contributed by atoms with Gasteiger partial charge in [0.05, 0.1) is 0 Å². The fourth-order valence-electron chi connectivity index (χ4n) is 2.47. The van der Waals surface area contributed by atoms with Crippen LogP contribution in [0.1, 0.15) is 23.5 Å². The lowest BCUT2D eigenvalue weighted by Crippen LogP contribution is -2.14. The Balaban J connectivity index is 1.77. The molecule has 102 valence electrons. The van der Waals surface area contributed by atoms with Gasteiger partial charge in [-0.2, -0.15) is 0 Å². The first-order valence-electron chi connectivity index (χ1n) is 6.56. The van der Waals surface area contributed by atoms with E-state index in [0.29, 0.717) is 22.0 Å². The van der Waals surface area contributed by atoms with Crippen LogP contribution in [0.3, 0.4) is 0 Å².